The molecule has 0 aliphatic carbocycles. The Hall–Kier alpha value is -1.63. The fourth-order valence-electron chi connectivity index (χ4n) is 1.70. The third-order valence-corrected chi connectivity index (χ3v) is 4.07. The highest BCUT2D eigenvalue weighted by Crippen LogP contribution is 2.22. The van der Waals surface area contributed by atoms with Crippen LogP contribution >= 0.6 is 11.3 Å². The van der Waals surface area contributed by atoms with Crippen LogP contribution in [0, 0.1) is 5.92 Å². The molecule has 2 amide bonds. The summed E-state index contributed by atoms with van der Waals surface area (Å²) >= 11 is 1.47. The van der Waals surface area contributed by atoms with Gasteiger partial charge in [0.1, 0.15) is 5.01 Å². The first kappa shape index (κ1) is 16.4. The Bertz CT molecular complexity index is 459. The number of carboxylic acids is 1. The van der Waals surface area contributed by atoms with E-state index in [-0.39, 0.29) is 12.6 Å². The molecule has 7 heteroatoms. The van der Waals surface area contributed by atoms with Crippen molar-refractivity contribution in [2.24, 2.45) is 5.92 Å². The number of carboxylic acid groups (broad SMARTS) is 1. The zero-order chi connectivity index (χ0) is 15.3. The van der Waals surface area contributed by atoms with Crippen LogP contribution < -0.4 is 5.32 Å². The summed E-state index contributed by atoms with van der Waals surface area (Å²) in [5.74, 6) is -1.50. The van der Waals surface area contributed by atoms with Gasteiger partial charge in [-0.2, -0.15) is 0 Å². The lowest BCUT2D eigenvalue weighted by Gasteiger charge is -2.29. The predicted molar refractivity (Wildman–Crippen MR) is 77.7 cm³/mol. The minimum atomic E-state index is -0.907. The second-order valence-electron chi connectivity index (χ2n) is 5.17. The van der Waals surface area contributed by atoms with E-state index in [1.807, 2.05) is 26.2 Å². The molecule has 0 saturated heterocycles. The minimum absolute atomic E-state index is 0.186. The molecule has 1 rings (SSSR count). The highest BCUT2D eigenvalue weighted by Gasteiger charge is 2.28. The lowest BCUT2D eigenvalue weighted by Crippen LogP contribution is -2.49. The molecule has 0 fully saturated rings. The number of urea groups is 1. The molecule has 0 aliphatic heterocycles. The van der Waals surface area contributed by atoms with Gasteiger partial charge in [0.2, 0.25) is 0 Å². The first-order valence-electron chi connectivity index (χ1n) is 6.47. The topological polar surface area (TPSA) is 82.5 Å². The molecule has 0 aromatic carbocycles. The quantitative estimate of drug-likeness (QED) is 0.843. The van der Waals surface area contributed by atoms with Crippen LogP contribution in [0.5, 0.6) is 0 Å². The molecule has 1 unspecified atom stereocenters. The SMILES string of the molecule is CCN(CC(C)C(=O)O)C(=O)NC(C)(C)c1nccs1. The van der Waals surface area contributed by atoms with Gasteiger partial charge in [0.25, 0.3) is 0 Å². The van der Waals surface area contributed by atoms with Crippen molar-refractivity contribution < 1.29 is 14.7 Å². The number of nitrogens with one attached hydrogen (secondary N) is 1. The first-order valence-corrected chi connectivity index (χ1v) is 7.35. The average molecular weight is 299 g/mol. The Morgan fingerprint density at radius 3 is 2.65 bits per heavy atom. The minimum Gasteiger partial charge on any atom is -0.481 e. The van der Waals surface area contributed by atoms with Gasteiger partial charge in [0.15, 0.2) is 0 Å². The van der Waals surface area contributed by atoms with Crippen molar-refractivity contribution in [1.29, 1.82) is 0 Å². The van der Waals surface area contributed by atoms with Crippen LogP contribution in [0.1, 0.15) is 32.7 Å². The molecule has 0 spiro atoms. The van der Waals surface area contributed by atoms with E-state index in [4.69, 9.17) is 5.11 Å². The molecule has 2 N–H and O–H groups in total. The monoisotopic (exact) mass is 299 g/mol. The molecule has 6 nitrogen and oxygen atoms in total. The van der Waals surface area contributed by atoms with Crippen molar-refractivity contribution in [2.45, 2.75) is 33.2 Å². The van der Waals surface area contributed by atoms with Gasteiger partial charge in [-0.05, 0) is 20.8 Å². The van der Waals surface area contributed by atoms with Crippen LogP contribution in [0.4, 0.5) is 4.79 Å². The number of carbonyl (C=O) groups is 2. The second-order valence-corrected chi connectivity index (χ2v) is 6.06. The summed E-state index contributed by atoms with van der Waals surface area (Å²) in [7, 11) is 0. The molecule has 1 heterocycles. The predicted octanol–water partition coefficient (Wildman–Crippen LogP) is 2.13. The van der Waals surface area contributed by atoms with Crippen LogP contribution in [0.2, 0.25) is 0 Å². The normalized spacial score (nSPS) is 12.8. The third-order valence-electron chi connectivity index (χ3n) is 2.97. The van der Waals surface area contributed by atoms with Gasteiger partial charge in [-0.1, -0.05) is 6.92 Å². The molecule has 1 aromatic rings. The molecule has 0 bridgehead atoms. The molecule has 1 atom stereocenters. The molecule has 0 radical (unpaired) electrons. The van der Waals surface area contributed by atoms with Gasteiger partial charge in [-0.3, -0.25) is 4.79 Å². The van der Waals surface area contributed by atoms with Crippen molar-refractivity contribution in [3.8, 4) is 0 Å². The number of hydrogen-bond donors (Lipinski definition) is 2. The van der Waals surface area contributed by atoms with Gasteiger partial charge < -0.3 is 15.3 Å². The van der Waals surface area contributed by atoms with Gasteiger partial charge in [0.05, 0.1) is 11.5 Å². The molecule has 112 valence electrons. The van der Waals surface area contributed by atoms with E-state index in [0.29, 0.717) is 6.54 Å². The number of nitrogens with zero attached hydrogens (tertiary/aromatic N) is 2. The van der Waals surface area contributed by atoms with Crippen LogP contribution in [0.3, 0.4) is 0 Å². The number of carbonyl (C=O) groups excluding carboxylic acids is 1. The van der Waals surface area contributed by atoms with Crippen LogP contribution in [0.15, 0.2) is 11.6 Å². The zero-order valence-electron chi connectivity index (χ0n) is 12.2. The maximum atomic E-state index is 12.2. The largest absolute Gasteiger partial charge is 0.481 e. The van der Waals surface area contributed by atoms with Gasteiger partial charge in [0, 0.05) is 24.7 Å². The molecular formula is C13H21N3O3S. The fourth-order valence-corrected chi connectivity index (χ4v) is 2.41. The van der Waals surface area contributed by atoms with Crippen molar-refractivity contribution in [1.82, 2.24) is 15.2 Å². The Morgan fingerprint density at radius 2 is 2.20 bits per heavy atom. The van der Waals surface area contributed by atoms with E-state index in [2.05, 4.69) is 10.3 Å². The zero-order valence-corrected chi connectivity index (χ0v) is 13.0. The summed E-state index contributed by atoms with van der Waals surface area (Å²) < 4.78 is 0. The third kappa shape index (κ3) is 4.19. The first-order chi connectivity index (χ1) is 9.27. The fraction of sp³-hybridized carbons (Fsp3) is 0.615. The average Bonchev–Trinajstić information content (AvgIpc) is 2.89. The Kier molecular flexibility index (Phi) is 5.50. The lowest BCUT2D eigenvalue weighted by atomic mass is 10.1. The number of rotatable bonds is 6. The molecule has 0 aliphatic rings. The summed E-state index contributed by atoms with van der Waals surface area (Å²) in [6, 6.07) is -0.277. The highest BCUT2D eigenvalue weighted by atomic mass is 32.1. The second kappa shape index (κ2) is 6.69. The highest BCUT2D eigenvalue weighted by molar-refractivity contribution is 7.09. The lowest BCUT2D eigenvalue weighted by molar-refractivity contribution is -0.141. The molecule has 20 heavy (non-hydrogen) atoms. The van der Waals surface area contributed by atoms with Gasteiger partial charge in [-0.15, -0.1) is 11.3 Å². The van der Waals surface area contributed by atoms with E-state index in [1.54, 1.807) is 13.1 Å². The van der Waals surface area contributed by atoms with Crippen molar-refractivity contribution >= 4 is 23.3 Å². The standard InChI is InChI=1S/C13H21N3O3S/c1-5-16(8-9(2)10(17)18)12(19)15-13(3,4)11-14-6-7-20-11/h6-7,9H,5,8H2,1-4H3,(H,15,19)(H,17,18). The molecular weight excluding hydrogens is 278 g/mol. The number of aromatic nitrogens is 1. The van der Waals surface area contributed by atoms with Crippen molar-refractivity contribution in [3.05, 3.63) is 16.6 Å². The van der Waals surface area contributed by atoms with E-state index in [9.17, 15) is 9.59 Å². The van der Waals surface area contributed by atoms with E-state index in [1.165, 1.54) is 16.2 Å². The van der Waals surface area contributed by atoms with Crippen LogP contribution in [-0.4, -0.2) is 40.1 Å². The van der Waals surface area contributed by atoms with E-state index in [0.717, 1.165) is 5.01 Å². The van der Waals surface area contributed by atoms with Crippen LogP contribution in [0.25, 0.3) is 0 Å². The summed E-state index contributed by atoms with van der Waals surface area (Å²) in [6.45, 7) is 7.80. The van der Waals surface area contributed by atoms with E-state index < -0.39 is 17.4 Å². The number of amides is 2. The van der Waals surface area contributed by atoms with Crippen molar-refractivity contribution in [2.75, 3.05) is 13.1 Å². The maximum absolute atomic E-state index is 12.2. The summed E-state index contributed by atoms with van der Waals surface area (Å²) in [6.07, 6.45) is 1.69. The van der Waals surface area contributed by atoms with E-state index >= 15 is 0 Å². The number of aliphatic carboxylic acids is 1. The smallest absolute Gasteiger partial charge is 0.318 e. The maximum Gasteiger partial charge on any atom is 0.318 e. The molecule has 0 saturated carbocycles. The number of thiazole rings is 1. The summed E-state index contributed by atoms with van der Waals surface area (Å²) in [5.41, 5.74) is -0.578. The summed E-state index contributed by atoms with van der Waals surface area (Å²) in [5, 5.41) is 14.5. The Labute approximate surface area is 122 Å². The Morgan fingerprint density at radius 1 is 1.55 bits per heavy atom. The van der Waals surface area contributed by atoms with Crippen molar-refractivity contribution in [3.63, 3.8) is 0 Å². The molecule has 1 aromatic heterocycles. The summed E-state index contributed by atoms with van der Waals surface area (Å²) in [4.78, 5) is 28.8. The Balaban J connectivity index is 2.70. The van der Waals surface area contributed by atoms with Gasteiger partial charge >= 0.3 is 12.0 Å². The van der Waals surface area contributed by atoms with Crippen LogP contribution in [-0.2, 0) is 10.3 Å². The number of hydrogen-bond acceptors (Lipinski definition) is 4. The van der Waals surface area contributed by atoms with Gasteiger partial charge in [-0.25, -0.2) is 9.78 Å².